The molecule has 0 spiro atoms. The van der Waals surface area contributed by atoms with Crippen LogP contribution >= 0.6 is 11.3 Å². The van der Waals surface area contributed by atoms with Gasteiger partial charge in [0.1, 0.15) is 16.3 Å². The van der Waals surface area contributed by atoms with Crippen LogP contribution in [-0.4, -0.2) is 50.7 Å². The number of anilines is 2. The molecule has 0 radical (unpaired) electrons. The molecule has 3 heterocycles. The monoisotopic (exact) mass is 493 g/mol. The van der Waals surface area contributed by atoms with E-state index in [-0.39, 0.29) is 5.95 Å². The molecule has 8 nitrogen and oxygen atoms in total. The molecule has 3 aromatic rings. The van der Waals surface area contributed by atoms with E-state index in [1.807, 2.05) is 6.07 Å². The minimum absolute atomic E-state index is 0.167. The van der Waals surface area contributed by atoms with Crippen molar-refractivity contribution in [3.63, 3.8) is 0 Å². The van der Waals surface area contributed by atoms with E-state index in [0.717, 1.165) is 22.7 Å². The van der Waals surface area contributed by atoms with E-state index >= 15 is 0 Å². The first-order chi connectivity index (χ1) is 16.2. The smallest absolute Gasteiger partial charge is 0.433 e. The number of ether oxygens (including phenoxy) is 1. The van der Waals surface area contributed by atoms with Gasteiger partial charge >= 0.3 is 12.3 Å². The highest BCUT2D eigenvalue weighted by molar-refractivity contribution is 7.15. The fourth-order valence-electron chi connectivity index (χ4n) is 3.57. The topological polar surface area (TPSA) is 100 Å². The first-order valence-electron chi connectivity index (χ1n) is 10.6. The number of carbonyl (C=O) groups excluding carboxylic acids is 1. The largest absolute Gasteiger partial charge is 0.450 e. The number of amides is 1. The summed E-state index contributed by atoms with van der Waals surface area (Å²) < 4.78 is 43.7. The lowest BCUT2D eigenvalue weighted by molar-refractivity contribution is -0.141. The Morgan fingerprint density at radius 3 is 2.74 bits per heavy atom. The van der Waals surface area contributed by atoms with Crippen LogP contribution in [0, 0.1) is 0 Å². The molecule has 1 amide bonds. The van der Waals surface area contributed by atoms with E-state index in [1.54, 1.807) is 36.2 Å². The standard InChI is InChI=1S/C22H22F3N5O3S/c1-2-33-20(31)30-10-7-21(32,8-11-30)18-27-13-16(34-18)14-4-3-5-15(12-14)28-19-26-9-6-17(29-19)22(23,24)25/h3-6,9,12-13,32H,2,7-8,10-11H2,1H3,(H,26,28,29). The van der Waals surface area contributed by atoms with Crippen molar-refractivity contribution in [3.05, 3.63) is 53.4 Å². The second kappa shape index (κ2) is 9.55. The number of aromatic nitrogens is 3. The second-order valence-corrected chi connectivity index (χ2v) is 8.75. The van der Waals surface area contributed by atoms with E-state index < -0.39 is 23.6 Å². The lowest BCUT2D eigenvalue weighted by atomic mass is 9.92. The Kier molecular flexibility index (Phi) is 6.71. The summed E-state index contributed by atoms with van der Waals surface area (Å²) in [6, 6.07) is 7.82. The summed E-state index contributed by atoms with van der Waals surface area (Å²) in [5.41, 5.74) is -0.898. The number of piperidine rings is 1. The van der Waals surface area contributed by atoms with Crippen molar-refractivity contribution in [2.75, 3.05) is 25.0 Å². The van der Waals surface area contributed by atoms with Crippen molar-refractivity contribution in [2.45, 2.75) is 31.5 Å². The normalized spacial score (nSPS) is 15.7. The number of nitrogens with zero attached hydrogens (tertiary/aromatic N) is 4. The lowest BCUT2D eigenvalue weighted by Crippen LogP contribution is -2.45. The van der Waals surface area contributed by atoms with Crippen molar-refractivity contribution >= 4 is 29.1 Å². The van der Waals surface area contributed by atoms with Gasteiger partial charge < -0.3 is 20.1 Å². The summed E-state index contributed by atoms with van der Waals surface area (Å²) in [5.74, 6) is -0.167. The Morgan fingerprint density at radius 1 is 1.26 bits per heavy atom. The minimum atomic E-state index is -4.56. The van der Waals surface area contributed by atoms with Crippen LogP contribution in [0.4, 0.5) is 29.6 Å². The zero-order valence-electron chi connectivity index (χ0n) is 18.2. The summed E-state index contributed by atoms with van der Waals surface area (Å²) in [7, 11) is 0. The van der Waals surface area contributed by atoms with Crippen LogP contribution in [0.3, 0.4) is 0 Å². The molecular weight excluding hydrogens is 471 g/mol. The number of nitrogens with one attached hydrogen (secondary N) is 1. The number of carbonyl (C=O) groups is 1. The van der Waals surface area contributed by atoms with Crippen LogP contribution in [-0.2, 0) is 16.5 Å². The molecule has 1 saturated heterocycles. The molecule has 0 atom stereocenters. The maximum atomic E-state index is 12.9. The predicted octanol–water partition coefficient (Wildman–Crippen LogP) is 4.80. The van der Waals surface area contributed by atoms with Gasteiger partial charge in [-0.25, -0.2) is 19.7 Å². The third-order valence-electron chi connectivity index (χ3n) is 5.37. The molecule has 0 unspecified atom stereocenters. The fraction of sp³-hybridized carbons (Fsp3) is 0.364. The van der Waals surface area contributed by atoms with Gasteiger partial charge in [-0.15, -0.1) is 11.3 Å². The Labute approximate surface area is 197 Å². The van der Waals surface area contributed by atoms with E-state index in [9.17, 15) is 23.1 Å². The molecule has 0 bridgehead atoms. The van der Waals surface area contributed by atoms with Gasteiger partial charge in [0, 0.05) is 44.0 Å². The molecule has 1 aliphatic rings. The highest BCUT2D eigenvalue weighted by atomic mass is 32.1. The van der Waals surface area contributed by atoms with Crippen LogP contribution in [0.5, 0.6) is 0 Å². The van der Waals surface area contributed by atoms with Gasteiger partial charge in [0.05, 0.1) is 11.5 Å². The van der Waals surface area contributed by atoms with Crippen molar-refractivity contribution < 1.29 is 27.8 Å². The van der Waals surface area contributed by atoms with E-state index in [1.165, 1.54) is 11.3 Å². The van der Waals surface area contributed by atoms with Gasteiger partial charge in [-0.05, 0) is 30.7 Å². The molecule has 4 rings (SSSR count). The number of hydrogen-bond acceptors (Lipinski definition) is 8. The zero-order valence-corrected chi connectivity index (χ0v) is 19.0. The Balaban J connectivity index is 1.47. The van der Waals surface area contributed by atoms with Crippen LogP contribution in [0.15, 0.2) is 42.7 Å². The summed E-state index contributed by atoms with van der Waals surface area (Å²) in [6.07, 6.45) is -1.58. The number of thiazole rings is 1. The highest BCUT2D eigenvalue weighted by Crippen LogP contribution is 2.38. The van der Waals surface area contributed by atoms with Gasteiger partial charge in [-0.2, -0.15) is 13.2 Å². The molecular formula is C22H22F3N5O3S. The molecule has 1 aliphatic heterocycles. The average Bonchev–Trinajstić information content (AvgIpc) is 3.31. The molecule has 0 saturated carbocycles. The second-order valence-electron chi connectivity index (χ2n) is 7.72. The number of aliphatic hydroxyl groups is 1. The molecule has 2 N–H and O–H groups in total. The van der Waals surface area contributed by atoms with Gasteiger partial charge in [0.15, 0.2) is 0 Å². The fourth-order valence-corrected chi connectivity index (χ4v) is 4.62. The number of benzene rings is 1. The van der Waals surface area contributed by atoms with E-state index in [4.69, 9.17) is 4.74 Å². The van der Waals surface area contributed by atoms with Crippen molar-refractivity contribution in [1.82, 2.24) is 19.9 Å². The molecule has 1 fully saturated rings. The molecule has 34 heavy (non-hydrogen) atoms. The third kappa shape index (κ3) is 5.28. The maximum absolute atomic E-state index is 12.9. The first kappa shape index (κ1) is 23.9. The molecule has 180 valence electrons. The van der Waals surface area contributed by atoms with E-state index in [0.29, 0.717) is 43.2 Å². The lowest BCUT2D eigenvalue weighted by Gasteiger charge is -2.36. The van der Waals surface area contributed by atoms with Crippen LogP contribution in [0.1, 0.15) is 30.5 Å². The molecule has 12 heteroatoms. The van der Waals surface area contributed by atoms with Gasteiger partial charge in [-0.1, -0.05) is 12.1 Å². The number of likely N-dealkylation sites (tertiary alicyclic amines) is 1. The Bertz CT molecular complexity index is 1160. The number of rotatable bonds is 5. The minimum Gasteiger partial charge on any atom is -0.450 e. The van der Waals surface area contributed by atoms with Crippen LogP contribution < -0.4 is 5.32 Å². The van der Waals surface area contributed by atoms with E-state index in [2.05, 4.69) is 20.3 Å². The summed E-state index contributed by atoms with van der Waals surface area (Å²) in [5, 5.41) is 14.5. The van der Waals surface area contributed by atoms with Crippen LogP contribution in [0.25, 0.3) is 10.4 Å². The quantitative estimate of drug-likeness (QED) is 0.527. The summed E-state index contributed by atoms with van der Waals surface area (Å²) in [6.45, 7) is 2.76. The number of halogens is 3. The summed E-state index contributed by atoms with van der Waals surface area (Å²) in [4.78, 5) is 26.0. The van der Waals surface area contributed by atoms with Crippen molar-refractivity contribution in [2.24, 2.45) is 0 Å². The first-order valence-corrected chi connectivity index (χ1v) is 11.4. The van der Waals surface area contributed by atoms with Crippen LogP contribution in [0.2, 0.25) is 0 Å². The molecule has 0 aliphatic carbocycles. The zero-order chi connectivity index (χ0) is 24.3. The Hall–Kier alpha value is -3.25. The van der Waals surface area contributed by atoms with Crippen molar-refractivity contribution in [1.29, 1.82) is 0 Å². The number of hydrogen-bond donors (Lipinski definition) is 2. The van der Waals surface area contributed by atoms with Gasteiger partial charge in [-0.3, -0.25) is 0 Å². The molecule has 2 aromatic heterocycles. The Morgan fingerprint density at radius 2 is 2.03 bits per heavy atom. The predicted molar refractivity (Wildman–Crippen MR) is 120 cm³/mol. The number of alkyl halides is 3. The summed E-state index contributed by atoms with van der Waals surface area (Å²) >= 11 is 1.33. The van der Waals surface area contributed by atoms with Gasteiger partial charge in [0.25, 0.3) is 0 Å². The molecule has 1 aromatic carbocycles. The SMILES string of the molecule is CCOC(=O)N1CCC(O)(c2ncc(-c3cccc(Nc4nccc(C(F)(F)F)n4)c3)s2)CC1. The van der Waals surface area contributed by atoms with Gasteiger partial charge in [0.2, 0.25) is 5.95 Å². The van der Waals surface area contributed by atoms with Crippen molar-refractivity contribution in [3.8, 4) is 10.4 Å². The third-order valence-corrected chi connectivity index (χ3v) is 6.61. The average molecular weight is 494 g/mol. The maximum Gasteiger partial charge on any atom is 0.433 e. The highest BCUT2D eigenvalue weighted by Gasteiger charge is 2.38.